The number of hydrogen-bond acceptors (Lipinski definition) is 4. The first kappa shape index (κ1) is 15.0. The topological polar surface area (TPSA) is 42.4 Å². The third kappa shape index (κ3) is 3.82. The van der Waals surface area contributed by atoms with E-state index in [2.05, 4.69) is 24.9 Å². The molecule has 2 heterocycles. The molecule has 1 aromatic heterocycles. The Hall–Kier alpha value is -1.36. The van der Waals surface area contributed by atoms with Gasteiger partial charge in [0.05, 0.1) is 12.2 Å². The van der Waals surface area contributed by atoms with Crippen molar-refractivity contribution in [1.82, 2.24) is 9.88 Å². The van der Waals surface area contributed by atoms with E-state index in [-0.39, 0.29) is 6.09 Å². The maximum Gasteiger partial charge on any atom is 0.410 e. The van der Waals surface area contributed by atoms with E-state index in [4.69, 9.17) is 4.74 Å². The zero-order chi connectivity index (χ0) is 14.9. The summed E-state index contributed by atoms with van der Waals surface area (Å²) < 4.78 is 5.41. The highest BCUT2D eigenvalue weighted by Crippen LogP contribution is 2.27. The van der Waals surface area contributed by atoms with Gasteiger partial charge >= 0.3 is 6.09 Å². The van der Waals surface area contributed by atoms with Gasteiger partial charge in [0, 0.05) is 17.8 Å². The van der Waals surface area contributed by atoms with Gasteiger partial charge < -0.3 is 9.64 Å². The Bertz CT molecular complexity index is 537. The molecule has 0 aromatic carbocycles. The second-order valence-corrected chi connectivity index (χ2v) is 7.41. The van der Waals surface area contributed by atoms with Gasteiger partial charge in [0.15, 0.2) is 0 Å². The number of thiazole rings is 1. The molecule has 1 aliphatic heterocycles. The molecule has 110 valence electrons. The molecule has 0 fully saturated rings. The fraction of sp³-hybridized carbons (Fsp3) is 0.600. The minimum absolute atomic E-state index is 0.250. The number of rotatable bonds is 1. The van der Waals surface area contributed by atoms with Gasteiger partial charge in [-0.3, -0.25) is 0 Å². The van der Waals surface area contributed by atoms with Crippen LogP contribution in [0.2, 0.25) is 0 Å². The van der Waals surface area contributed by atoms with E-state index < -0.39 is 5.60 Å². The van der Waals surface area contributed by atoms with Gasteiger partial charge in [-0.15, -0.1) is 11.3 Å². The Kier molecular flexibility index (Phi) is 4.18. The Morgan fingerprint density at radius 1 is 1.40 bits per heavy atom. The zero-order valence-corrected chi connectivity index (χ0v) is 13.6. The molecule has 0 unspecified atom stereocenters. The summed E-state index contributed by atoms with van der Waals surface area (Å²) in [5.41, 5.74) is 1.80. The Morgan fingerprint density at radius 3 is 2.70 bits per heavy atom. The van der Waals surface area contributed by atoms with Crippen LogP contribution >= 0.6 is 11.3 Å². The summed E-state index contributed by atoms with van der Waals surface area (Å²) in [5, 5.41) is 1.03. The highest BCUT2D eigenvalue weighted by molar-refractivity contribution is 7.12. The van der Waals surface area contributed by atoms with E-state index >= 15 is 0 Å². The molecule has 0 saturated carbocycles. The number of carbonyl (C=O) groups is 1. The number of aromatic nitrogens is 1. The lowest BCUT2D eigenvalue weighted by Crippen LogP contribution is -2.39. The minimum atomic E-state index is -0.452. The van der Waals surface area contributed by atoms with Gasteiger partial charge in [0.1, 0.15) is 10.6 Å². The Labute approximate surface area is 124 Å². The predicted octanol–water partition coefficient (Wildman–Crippen LogP) is 3.86. The van der Waals surface area contributed by atoms with Crippen LogP contribution in [-0.4, -0.2) is 28.1 Å². The highest BCUT2D eigenvalue weighted by Gasteiger charge is 2.27. The lowest BCUT2D eigenvalue weighted by atomic mass is 10.2. The summed E-state index contributed by atoms with van der Waals surface area (Å²) in [7, 11) is 0. The smallest absolute Gasteiger partial charge is 0.410 e. The summed E-state index contributed by atoms with van der Waals surface area (Å²) in [6.07, 6.45) is 2.70. The van der Waals surface area contributed by atoms with Gasteiger partial charge in [-0.2, -0.15) is 0 Å². The van der Waals surface area contributed by atoms with Crippen molar-refractivity contribution in [2.45, 2.75) is 53.2 Å². The van der Waals surface area contributed by atoms with Crippen molar-refractivity contribution in [3.63, 3.8) is 0 Å². The lowest BCUT2D eigenvalue weighted by molar-refractivity contribution is 0.0222. The molecule has 1 aromatic rings. The minimum Gasteiger partial charge on any atom is -0.444 e. The molecule has 2 rings (SSSR count). The molecule has 0 N–H and O–H groups in total. The van der Waals surface area contributed by atoms with E-state index in [0.717, 1.165) is 17.1 Å². The third-order valence-electron chi connectivity index (χ3n) is 2.81. The molecule has 0 aliphatic carbocycles. The fourth-order valence-corrected chi connectivity index (χ4v) is 3.13. The van der Waals surface area contributed by atoms with E-state index in [0.29, 0.717) is 13.1 Å². The SMILES string of the molecule is CC(C)=Cc1nc2c(s1)CCN(C(=O)OC(C)(C)C)C2. The second kappa shape index (κ2) is 5.56. The molecule has 0 spiro atoms. The van der Waals surface area contributed by atoms with E-state index in [9.17, 15) is 4.79 Å². The molecule has 0 atom stereocenters. The fourth-order valence-electron chi connectivity index (χ4n) is 2.01. The van der Waals surface area contributed by atoms with Crippen molar-refractivity contribution >= 4 is 23.5 Å². The van der Waals surface area contributed by atoms with Crippen LogP contribution in [0.5, 0.6) is 0 Å². The van der Waals surface area contributed by atoms with Gasteiger partial charge in [-0.1, -0.05) is 5.57 Å². The van der Waals surface area contributed by atoms with Crippen molar-refractivity contribution in [2.75, 3.05) is 6.54 Å². The number of allylic oxidation sites excluding steroid dienone is 1. The van der Waals surface area contributed by atoms with Crippen molar-refractivity contribution in [1.29, 1.82) is 0 Å². The monoisotopic (exact) mass is 294 g/mol. The molecular formula is C15H22N2O2S. The average molecular weight is 294 g/mol. The average Bonchev–Trinajstić information content (AvgIpc) is 2.66. The van der Waals surface area contributed by atoms with Crippen LogP contribution in [0.1, 0.15) is 50.2 Å². The molecular weight excluding hydrogens is 272 g/mol. The molecule has 5 heteroatoms. The summed E-state index contributed by atoms with van der Waals surface area (Å²) >= 11 is 1.72. The van der Waals surface area contributed by atoms with Crippen LogP contribution in [0.15, 0.2) is 5.57 Å². The Morgan fingerprint density at radius 2 is 2.10 bits per heavy atom. The predicted molar refractivity (Wildman–Crippen MR) is 81.8 cm³/mol. The summed E-state index contributed by atoms with van der Waals surface area (Å²) in [4.78, 5) is 19.7. The highest BCUT2D eigenvalue weighted by atomic mass is 32.1. The summed E-state index contributed by atoms with van der Waals surface area (Å²) in [6, 6.07) is 0. The molecule has 0 saturated heterocycles. The maximum absolute atomic E-state index is 12.1. The first-order valence-electron chi connectivity index (χ1n) is 6.86. The molecule has 4 nitrogen and oxygen atoms in total. The first-order chi connectivity index (χ1) is 9.24. The normalized spacial score (nSPS) is 14.8. The van der Waals surface area contributed by atoms with Crippen molar-refractivity contribution in [3.8, 4) is 0 Å². The van der Waals surface area contributed by atoms with E-state index in [1.165, 1.54) is 10.5 Å². The summed E-state index contributed by atoms with van der Waals surface area (Å²) in [6.45, 7) is 11.0. The van der Waals surface area contributed by atoms with Crippen LogP contribution in [-0.2, 0) is 17.7 Å². The van der Waals surface area contributed by atoms with Crippen LogP contribution in [0.25, 0.3) is 6.08 Å². The zero-order valence-electron chi connectivity index (χ0n) is 12.8. The molecule has 20 heavy (non-hydrogen) atoms. The third-order valence-corrected chi connectivity index (χ3v) is 3.91. The molecule has 1 aliphatic rings. The van der Waals surface area contributed by atoms with Crippen LogP contribution in [0, 0.1) is 0 Å². The largest absolute Gasteiger partial charge is 0.444 e. The number of fused-ring (bicyclic) bond motifs is 1. The standard InChI is InChI=1S/C15H22N2O2S/c1-10(2)8-13-16-11-9-17(7-6-12(11)20-13)14(18)19-15(3,4)5/h8H,6-7,9H2,1-5H3. The number of nitrogens with zero attached hydrogens (tertiary/aromatic N) is 2. The Balaban J connectivity index is 2.09. The van der Waals surface area contributed by atoms with Crippen LogP contribution in [0.4, 0.5) is 4.79 Å². The number of carbonyl (C=O) groups excluding carboxylic acids is 1. The van der Waals surface area contributed by atoms with Crippen molar-refractivity contribution < 1.29 is 9.53 Å². The van der Waals surface area contributed by atoms with Gasteiger partial charge in [-0.25, -0.2) is 9.78 Å². The van der Waals surface area contributed by atoms with Crippen LogP contribution in [0.3, 0.4) is 0 Å². The van der Waals surface area contributed by atoms with Crippen molar-refractivity contribution in [3.05, 3.63) is 21.2 Å². The van der Waals surface area contributed by atoms with E-state index in [1.807, 2.05) is 20.8 Å². The van der Waals surface area contributed by atoms with E-state index in [1.54, 1.807) is 16.2 Å². The maximum atomic E-state index is 12.1. The molecule has 1 amide bonds. The van der Waals surface area contributed by atoms with Crippen LogP contribution < -0.4 is 0 Å². The number of hydrogen-bond donors (Lipinski definition) is 0. The van der Waals surface area contributed by atoms with Gasteiger partial charge in [0.25, 0.3) is 0 Å². The van der Waals surface area contributed by atoms with Gasteiger partial charge in [-0.05, 0) is 40.7 Å². The molecule has 0 bridgehead atoms. The van der Waals surface area contributed by atoms with Crippen molar-refractivity contribution in [2.24, 2.45) is 0 Å². The first-order valence-corrected chi connectivity index (χ1v) is 7.67. The molecule has 0 radical (unpaired) electrons. The number of ether oxygens (including phenoxy) is 1. The summed E-state index contributed by atoms with van der Waals surface area (Å²) in [5.74, 6) is 0. The second-order valence-electron chi connectivity index (χ2n) is 6.30. The quantitative estimate of drug-likeness (QED) is 0.790. The lowest BCUT2D eigenvalue weighted by Gasteiger charge is -2.29. The number of amides is 1. The van der Waals surface area contributed by atoms with Gasteiger partial charge in [0.2, 0.25) is 0 Å².